The monoisotopic (exact) mass is 582 g/mol. The molecule has 2 aliphatic heterocycles. The first kappa shape index (κ1) is 31.3. The summed E-state index contributed by atoms with van der Waals surface area (Å²) in [4.78, 5) is 16.5. The van der Waals surface area contributed by atoms with Crippen LogP contribution in [0.4, 0.5) is 4.79 Å². The van der Waals surface area contributed by atoms with Gasteiger partial charge in [0, 0.05) is 32.7 Å². The van der Waals surface area contributed by atoms with Crippen LogP contribution in [0, 0.1) is 0 Å². The van der Waals surface area contributed by atoms with Crippen LogP contribution in [0.25, 0.3) is 0 Å². The van der Waals surface area contributed by atoms with Crippen molar-refractivity contribution < 1.29 is 58.7 Å². The summed E-state index contributed by atoms with van der Waals surface area (Å²) in [5, 5.41) is 55.0. The SMILES string of the molecule is COCC1O[C@@H](OCC2O[C@H](OC)C(O)[C@@H](OC(=O)NCCSSc3ccccn3)[C@@H]2O)C(O)[C@@H](O)[C@@H]1O. The van der Waals surface area contributed by atoms with E-state index in [0.29, 0.717) is 5.75 Å². The number of hydrogen-bond acceptors (Lipinski definition) is 15. The minimum atomic E-state index is -1.60. The summed E-state index contributed by atoms with van der Waals surface area (Å²) >= 11 is 0. The number of pyridine rings is 1. The van der Waals surface area contributed by atoms with Gasteiger partial charge in [-0.25, -0.2) is 9.78 Å². The molecule has 2 fully saturated rings. The molecule has 0 bridgehead atoms. The van der Waals surface area contributed by atoms with Gasteiger partial charge in [0.05, 0.1) is 13.2 Å². The first-order chi connectivity index (χ1) is 18.3. The lowest BCUT2D eigenvalue weighted by Gasteiger charge is -2.43. The Labute approximate surface area is 227 Å². The zero-order chi connectivity index (χ0) is 27.7. The second-order valence-corrected chi connectivity index (χ2v) is 10.9. The number of aliphatic hydroxyl groups is 5. The Hall–Kier alpha value is -1.28. The predicted molar refractivity (Wildman–Crippen MR) is 133 cm³/mol. The van der Waals surface area contributed by atoms with Crippen molar-refractivity contribution in [1.29, 1.82) is 0 Å². The number of alkyl carbamates (subject to hydrolysis) is 1. The Bertz CT molecular complexity index is 846. The third-order valence-corrected chi connectivity index (χ3v) is 8.05. The number of aromatic nitrogens is 1. The van der Waals surface area contributed by atoms with Gasteiger partial charge in [-0.2, -0.15) is 0 Å². The van der Waals surface area contributed by atoms with E-state index in [9.17, 15) is 30.3 Å². The van der Waals surface area contributed by atoms with E-state index in [0.717, 1.165) is 5.03 Å². The van der Waals surface area contributed by atoms with Crippen LogP contribution in [0.5, 0.6) is 0 Å². The zero-order valence-corrected chi connectivity index (χ0v) is 22.4. The fourth-order valence-electron chi connectivity index (χ4n) is 3.78. The number of carbonyl (C=O) groups excluding carboxylic acids is 1. The molecule has 3 rings (SSSR count). The van der Waals surface area contributed by atoms with Gasteiger partial charge in [-0.05, 0) is 22.9 Å². The van der Waals surface area contributed by atoms with Gasteiger partial charge in [0.2, 0.25) is 0 Å². The lowest BCUT2D eigenvalue weighted by molar-refractivity contribution is -0.328. The molecule has 4 unspecified atom stereocenters. The van der Waals surface area contributed by atoms with Crippen molar-refractivity contribution in [2.45, 2.75) is 66.4 Å². The van der Waals surface area contributed by atoms with Gasteiger partial charge in [-0.3, -0.25) is 0 Å². The van der Waals surface area contributed by atoms with Crippen molar-refractivity contribution in [3.63, 3.8) is 0 Å². The molecule has 2 aliphatic rings. The fourth-order valence-corrected chi connectivity index (χ4v) is 5.56. The quantitative estimate of drug-likeness (QED) is 0.123. The highest BCUT2D eigenvalue weighted by molar-refractivity contribution is 8.76. The number of nitrogens with zero attached hydrogens (tertiary/aromatic N) is 1. The van der Waals surface area contributed by atoms with E-state index < -0.39 is 74.1 Å². The molecular formula is C22H34N2O12S2. The highest BCUT2D eigenvalue weighted by atomic mass is 33.1. The molecule has 14 nitrogen and oxygen atoms in total. The van der Waals surface area contributed by atoms with Crippen LogP contribution in [0.2, 0.25) is 0 Å². The first-order valence-corrected chi connectivity index (χ1v) is 14.1. The number of amides is 1. The number of rotatable bonds is 12. The van der Waals surface area contributed by atoms with Crippen molar-refractivity contribution in [2.75, 3.05) is 39.7 Å². The molecule has 0 radical (unpaired) electrons. The Kier molecular flexibility index (Phi) is 12.7. The van der Waals surface area contributed by atoms with Gasteiger partial charge in [0.1, 0.15) is 47.8 Å². The largest absolute Gasteiger partial charge is 0.440 e. The van der Waals surface area contributed by atoms with Gasteiger partial charge in [0.15, 0.2) is 18.7 Å². The molecule has 6 N–H and O–H groups in total. The molecule has 1 aromatic rings. The van der Waals surface area contributed by atoms with E-state index in [1.807, 2.05) is 18.2 Å². The van der Waals surface area contributed by atoms with Crippen LogP contribution in [-0.2, 0) is 28.4 Å². The lowest BCUT2D eigenvalue weighted by Crippen LogP contribution is -2.62. The minimum Gasteiger partial charge on any atom is -0.440 e. The molecule has 1 aromatic heterocycles. The third kappa shape index (κ3) is 8.36. The van der Waals surface area contributed by atoms with E-state index in [2.05, 4.69) is 10.3 Å². The Morgan fingerprint density at radius 2 is 1.71 bits per heavy atom. The fraction of sp³-hybridized carbons (Fsp3) is 0.727. The first-order valence-electron chi connectivity index (χ1n) is 11.8. The highest BCUT2D eigenvalue weighted by Crippen LogP contribution is 2.29. The normalized spacial score (nSPS) is 35.6. The average molecular weight is 583 g/mol. The van der Waals surface area contributed by atoms with E-state index >= 15 is 0 Å². The highest BCUT2D eigenvalue weighted by Gasteiger charge is 2.49. The zero-order valence-electron chi connectivity index (χ0n) is 20.8. The van der Waals surface area contributed by atoms with E-state index in [4.69, 9.17) is 28.4 Å². The molecular weight excluding hydrogens is 548 g/mol. The predicted octanol–water partition coefficient (Wildman–Crippen LogP) is -1.52. The molecule has 38 heavy (non-hydrogen) atoms. The van der Waals surface area contributed by atoms with Gasteiger partial charge in [0.25, 0.3) is 0 Å². The van der Waals surface area contributed by atoms with Crippen LogP contribution in [0.15, 0.2) is 29.4 Å². The maximum atomic E-state index is 12.3. The second kappa shape index (κ2) is 15.5. The van der Waals surface area contributed by atoms with Gasteiger partial charge in [-0.15, -0.1) is 0 Å². The molecule has 3 heterocycles. The van der Waals surface area contributed by atoms with Crippen LogP contribution in [0.1, 0.15) is 0 Å². The molecule has 0 spiro atoms. The summed E-state index contributed by atoms with van der Waals surface area (Å²) in [5.74, 6) is 0.542. The topological polar surface area (TPSA) is 199 Å². The molecule has 1 amide bonds. The minimum absolute atomic E-state index is 0.0728. The smallest absolute Gasteiger partial charge is 0.407 e. The lowest BCUT2D eigenvalue weighted by atomic mass is 9.98. The number of methoxy groups -OCH3 is 2. The van der Waals surface area contributed by atoms with Crippen LogP contribution >= 0.6 is 21.6 Å². The molecule has 10 atom stereocenters. The van der Waals surface area contributed by atoms with E-state index in [-0.39, 0.29) is 13.2 Å². The summed E-state index contributed by atoms with van der Waals surface area (Å²) in [7, 11) is 5.57. The number of ether oxygens (including phenoxy) is 6. The molecule has 16 heteroatoms. The van der Waals surface area contributed by atoms with Crippen molar-refractivity contribution in [1.82, 2.24) is 10.3 Å². The molecule has 0 aromatic carbocycles. The van der Waals surface area contributed by atoms with Crippen molar-refractivity contribution >= 4 is 27.7 Å². The Balaban J connectivity index is 1.50. The van der Waals surface area contributed by atoms with Crippen molar-refractivity contribution in [3.05, 3.63) is 24.4 Å². The van der Waals surface area contributed by atoms with E-state index in [1.54, 1.807) is 6.20 Å². The van der Waals surface area contributed by atoms with E-state index in [1.165, 1.54) is 35.8 Å². The summed E-state index contributed by atoms with van der Waals surface area (Å²) in [6, 6.07) is 5.55. The van der Waals surface area contributed by atoms with Gasteiger partial charge < -0.3 is 59.3 Å². The van der Waals surface area contributed by atoms with Crippen molar-refractivity contribution in [2.24, 2.45) is 0 Å². The molecule has 0 saturated carbocycles. The van der Waals surface area contributed by atoms with Crippen molar-refractivity contribution in [3.8, 4) is 0 Å². The number of nitrogens with one attached hydrogen (secondary N) is 1. The maximum Gasteiger partial charge on any atom is 0.407 e. The number of carbonyl (C=O) groups is 1. The third-order valence-electron chi connectivity index (χ3n) is 5.78. The second-order valence-electron chi connectivity index (χ2n) is 8.43. The Morgan fingerprint density at radius 3 is 2.39 bits per heavy atom. The van der Waals surface area contributed by atoms with Gasteiger partial charge >= 0.3 is 6.09 Å². The maximum absolute atomic E-state index is 12.3. The van der Waals surface area contributed by atoms with Crippen LogP contribution < -0.4 is 5.32 Å². The van der Waals surface area contributed by atoms with Gasteiger partial charge in [-0.1, -0.05) is 16.9 Å². The summed E-state index contributed by atoms with van der Waals surface area (Å²) in [6.45, 7) is -0.218. The Morgan fingerprint density at radius 1 is 0.974 bits per heavy atom. The number of aliphatic hydroxyl groups excluding tert-OH is 5. The van der Waals surface area contributed by atoms with Crippen LogP contribution in [-0.4, -0.2) is 138 Å². The average Bonchev–Trinajstić information content (AvgIpc) is 2.92. The summed E-state index contributed by atoms with van der Waals surface area (Å²) < 4.78 is 31.9. The summed E-state index contributed by atoms with van der Waals surface area (Å²) in [5.41, 5.74) is 0. The summed E-state index contributed by atoms with van der Waals surface area (Å²) in [6.07, 6.45) is -13.0. The number of hydrogen-bond donors (Lipinski definition) is 6. The van der Waals surface area contributed by atoms with Crippen LogP contribution in [0.3, 0.4) is 0 Å². The molecule has 216 valence electrons. The standard InChI is InChI=1S/C22H34N2O12S2/c1-31-9-11-14(25)16(27)17(28)21(35-11)33-10-12-15(26)19(18(29)20(32-2)34-12)36-22(30)24-7-8-37-38-13-5-3-4-6-23-13/h3-6,11-12,14-21,25-29H,7-10H2,1-2H3,(H,24,30)/t11?,12?,14-,15-,16+,17?,18?,19+,20+,21-/m1/s1. The molecule has 2 saturated heterocycles. The molecule has 0 aliphatic carbocycles.